The molecule has 0 saturated heterocycles. The van der Waals surface area contributed by atoms with Crippen LogP contribution in [-0.4, -0.2) is 13.3 Å². The molecule has 12 heavy (non-hydrogen) atoms. The Balaban J connectivity index is 2.47. The minimum atomic E-state index is 1.02. The normalized spacial score (nSPS) is 11.1. The predicted molar refractivity (Wildman–Crippen MR) is 48.0 cm³/mol. The maximum absolute atomic E-state index is 3.80. The Labute approximate surface area is 71.0 Å². The molecule has 0 saturated carbocycles. The second kappa shape index (κ2) is 5.01. The quantitative estimate of drug-likeness (QED) is 0.409. The minimum Gasteiger partial charge on any atom is -0.179 e. The van der Waals surface area contributed by atoms with Gasteiger partial charge in [-0.05, 0) is 5.56 Å². The summed E-state index contributed by atoms with van der Waals surface area (Å²) in [6, 6.07) is 9.75. The molecule has 0 heterocycles. The molecule has 0 fully saturated rings. The van der Waals surface area contributed by atoms with Crippen molar-refractivity contribution in [1.29, 1.82) is 0 Å². The topological polar surface area (TPSA) is 49.1 Å². The largest absolute Gasteiger partial charge is 0.179 e. The molecule has 0 bridgehead atoms. The molecule has 0 radical (unpaired) electrons. The van der Waals surface area contributed by atoms with Gasteiger partial charge in [0.25, 0.3) is 0 Å². The highest BCUT2D eigenvalue weighted by atomic mass is 15.6. The van der Waals surface area contributed by atoms with Crippen molar-refractivity contribution in [3.8, 4) is 0 Å². The molecule has 0 aliphatic heterocycles. The molecule has 0 aromatic heterocycles. The molecule has 62 valence electrons. The lowest BCUT2D eigenvalue weighted by Crippen LogP contribution is -1.93. The molecule has 0 amide bonds. The van der Waals surface area contributed by atoms with E-state index >= 15 is 0 Å². The van der Waals surface area contributed by atoms with Gasteiger partial charge >= 0.3 is 0 Å². The highest BCUT2D eigenvalue weighted by Crippen LogP contribution is 1.92. The number of hydrogen-bond donors (Lipinski definition) is 1. The average Bonchev–Trinajstić information content (AvgIpc) is 2.14. The number of hydrazone groups is 1. The maximum Gasteiger partial charge on any atom is 0.0561 e. The van der Waals surface area contributed by atoms with Crippen LogP contribution in [0.5, 0.6) is 0 Å². The highest BCUT2D eigenvalue weighted by molar-refractivity contribution is 5.79. The molecular formula is C8H10N4. The fraction of sp³-hybridized carbons (Fsp3) is 0.125. The summed E-state index contributed by atoms with van der Waals surface area (Å²) >= 11 is 0. The summed E-state index contributed by atoms with van der Waals surface area (Å²) in [5.74, 6) is 0. The zero-order valence-electron chi connectivity index (χ0n) is 6.81. The number of nitrogens with zero attached hydrogens (tertiary/aromatic N) is 3. The first kappa shape index (κ1) is 8.39. The van der Waals surface area contributed by atoms with E-state index in [2.05, 4.69) is 21.0 Å². The van der Waals surface area contributed by atoms with Crippen molar-refractivity contribution >= 4 is 6.21 Å². The predicted octanol–water partition coefficient (Wildman–Crippen LogP) is 1.61. The van der Waals surface area contributed by atoms with E-state index in [1.54, 1.807) is 13.3 Å². The minimum absolute atomic E-state index is 1.02. The van der Waals surface area contributed by atoms with E-state index in [4.69, 9.17) is 0 Å². The van der Waals surface area contributed by atoms with Crippen molar-refractivity contribution in [2.75, 3.05) is 7.05 Å². The Kier molecular flexibility index (Phi) is 3.50. The van der Waals surface area contributed by atoms with Gasteiger partial charge in [-0.3, -0.25) is 0 Å². The van der Waals surface area contributed by atoms with Crippen LogP contribution in [0.2, 0.25) is 0 Å². The Morgan fingerprint density at radius 2 is 2.00 bits per heavy atom. The molecule has 0 atom stereocenters. The Morgan fingerprint density at radius 3 is 2.67 bits per heavy atom. The van der Waals surface area contributed by atoms with Crippen LogP contribution in [0, 0.1) is 0 Å². The number of rotatable bonds is 3. The second-order valence-corrected chi connectivity index (χ2v) is 2.07. The van der Waals surface area contributed by atoms with Crippen molar-refractivity contribution in [3.05, 3.63) is 35.9 Å². The average molecular weight is 162 g/mol. The monoisotopic (exact) mass is 162 g/mol. The molecule has 4 heteroatoms. The number of benzene rings is 1. The van der Waals surface area contributed by atoms with Gasteiger partial charge in [0.2, 0.25) is 0 Å². The van der Waals surface area contributed by atoms with Gasteiger partial charge in [-0.1, -0.05) is 35.6 Å². The van der Waals surface area contributed by atoms with Gasteiger partial charge in [0, 0.05) is 0 Å². The first-order valence-corrected chi connectivity index (χ1v) is 3.55. The Bertz CT molecular complexity index is 266. The van der Waals surface area contributed by atoms with Crippen molar-refractivity contribution < 1.29 is 0 Å². The van der Waals surface area contributed by atoms with Gasteiger partial charge in [0.1, 0.15) is 0 Å². The van der Waals surface area contributed by atoms with Gasteiger partial charge in [-0.25, -0.2) is 0 Å². The molecule has 0 unspecified atom stereocenters. The standard InChI is InChI=1S/C8H10N4/c1-9-11-12-10-7-8-5-3-2-4-6-8/h2-7H,1H3,(H,9,12)/b10-7+. The summed E-state index contributed by atoms with van der Waals surface area (Å²) in [6.07, 6.45) is 1.68. The van der Waals surface area contributed by atoms with E-state index in [-0.39, 0.29) is 0 Å². The van der Waals surface area contributed by atoms with Gasteiger partial charge in [0.15, 0.2) is 0 Å². The molecule has 1 N–H and O–H groups in total. The van der Waals surface area contributed by atoms with Crippen molar-refractivity contribution in [1.82, 2.24) is 5.53 Å². The molecule has 0 spiro atoms. The lowest BCUT2D eigenvalue weighted by molar-refractivity contribution is 0.742. The zero-order valence-corrected chi connectivity index (χ0v) is 6.81. The first-order chi connectivity index (χ1) is 5.93. The van der Waals surface area contributed by atoms with E-state index in [1.807, 2.05) is 30.3 Å². The van der Waals surface area contributed by atoms with Crippen molar-refractivity contribution in [3.63, 3.8) is 0 Å². The molecule has 1 rings (SSSR count). The van der Waals surface area contributed by atoms with Crippen LogP contribution >= 0.6 is 0 Å². The van der Waals surface area contributed by atoms with Crippen molar-refractivity contribution in [2.24, 2.45) is 15.4 Å². The van der Waals surface area contributed by atoms with Gasteiger partial charge in [-0.15, -0.1) is 0 Å². The van der Waals surface area contributed by atoms with E-state index in [1.165, 1.54) is 0 Å². The second-order valence-electron chi connectivity index (χ2n) is 2.07. The number of nitrogens with one attached hydrogen (secondary N) is 1. The summed E-state index contributed by atoms with van der Waals surface area (Å²) in [5, 5.41) is 10.7. The summed E-state index contributed by atoms with van der Waals surface area (Å²) in [4.78, 5) is 0. The van der Waals surface area contributed by atoms with Gasteiger partial charge < -0.3 is 0 Å². The van der Waals surface area contributed by atoms with Crippen LogP contribution in [0.3, 0.4) is 0 Å². The summed E-state index contributed by atoms with van der Waals surface area (Å²) in [7, 11) is 1.57. The Hall–Kier alpha value is -1.71. The fourth-order valence-electron chi connectivity index (χ4n) is 0.713. The van der Waals surface area contributed by atoms with E-state index in [0.29, 0.717) is 0 Å². The highest BCUT2D eigenvalue weighted by Gasteiger charge is 1.80. The zero-order chi connectivity index (χ0) is 8.65. The van der Waals surface area contributed by atoms with Crippen LogP contribution in [0.15, 0.2) is 45.8 Å². The van der Waals surface area contributed by atoms with E-state index in [0.717, 1.165) is 5.56 Å². The van der Waals surface area contributed by atoms with Crippen LogP contribution in [-0.2, 0) is 0 Å². The molecule has 0 aliphatic rings. The van der Waals surface area contributed by atoms with E-state index in [9.17, 15) is 0 Å². The fourth-order valence-corrected chi connectivity index (χ4v) is 0.713. The van der Waals surface area contributed by atoms with Gasteiger partial charge in [0.05, 0.1) is 13.3 Å². The molecule has 1 aromatic carbocycles. The van der Waals surface area contributed by atoms with Crippen LogP contribution in [0.1, 0.15) is 5.56 Å². The lowest BCUT2D eigenvalue weighted by Gasteiger charge is -1.89. The van der Waals surface area contributed by atoms with Crippen molar-refractivity contribution in [2.45, 2.75) is 0 Å². The van der Waals surface area contributed by atoms with Crippen LogP contribution in [0.4, 0.5) is 0 Å². The molecular weight excluding hydrogens is 152 g/mol. The third-order valence-corrected chi connectivity index (χ3v) is 1.22. The first-order valence-electron chi connectivity index (χ1n) is 3.55. The molecule has 1 aromatic rings. The Morgan fingerprint density at radius 1 is 1.25 bits per heavy atom. The lowest BCUT2D eigenvalue weighted by atomic mass is 10.2. The smallest absolute Gasteiger partial charge is 0.0561 e. The summed E-state index contributed by atoms with van der Waals surface area (Å²) < 4.78 is 0. The maximum atomic E-state index is 3.80. The third kappa shape index (κ3) is 2.92. The molecule has 4 nitrogen and oxygen atoms in total. The SMILES string of the molecule is CN=NN/N=C/c1ccccc1. The van der Waals surface area contributed by atoms with E-state index < -0.39 is 0 Å². The summed E-state index contributed by atoms with van der Waals surface area (Å²) in [6.45, 7) is 0. The number of hydrogen-bond acceptors (Lipinski definition) is 3. The van der Waals surface area contributed by atoms with Gasteiger partial charge in [-0.2, -0.15) is 15.8 Å². The molecule has 0 aliphatic carbocycles. The van der Waals surface area contributed by atoms with Crippen LogP contribution < -0.4 is 5.53 Å². The third-order valence-electron chi connectivity index (χ3n) is 1.22. The summed E-state index contributed by atoms with van der Waals surface area (Å²) in [5.41, 5.74) is 3.44. The van der Waals surface area contributed by atoms with Crippen LogP contribution in [0.25, 0.3) is 0 Å².